The highest BCUT2D eigenvalue weighted by Crippen LogP contribution is 2.28. The van der Waals surface area contributed by atoms with Crippen LogP contribution < -0.4 is 15.0 Å². The van der Waals surface area contributed by atoms with E-state index in [0.29, 0.717) is 19.5 Å². The lowest BCUT2D eigenvalue weighted by molar-refractivity contribution is -0.125. The van der Waals surface area contributed by atoms with Crippen LogP contribution in [0.4, 0.5) is 5.69 Å². The summed E-state index contributed by atoms with van der Waals surface area (Å²) in [6.45, 7) is 4.76. The van der Waals surface area contributed by atoms with Crippen LogP contribution in [-0.2, 0) is 17.6 Å². The van der Waals surface area contributed by atoms with Gasteiger partial charge in [-0.05, 0) is 49.4 Å². The molecule has 1 fully saturated rings. The Morgan fingerprint density at radius 1 is 1.22 bits per heavy atom. The number of aliphatic hydroxyl groups excluding tert-OH is 1. The van der Waals surface area contributed by atoms with Crippen molar-refractivity contribution in [3.63, 3.8) is 0 Å². The first-order chi connectivity index (χ1) is 15.6. The van der Waals surface area contributed by atoms with Gasteiger partial charge in [0, 0.05) is 57.1 Å². The van der Waals surface area contributed by atoms with Crippen LogP contribution in [0, 0.1) is 5.92 Å². The Bertz CT molecular complexity index is 898. The van der Waals surface area contributed by atoms with Gasteiger partial charge in [0.25, 0.3) is 0 Å². The molecule has 0 spiro atoms. The van der Waals surface area contributed by atoms with E-state index >= 15 is 0 Å². The summed E-state index contributed by atoms with van der Waals surface area (Å²) in [5, 5.41) is 13.5. The SMILES string of the molecule is COc1ccccc1N1CCN(CC(O)CCNC(=O)C2CCc3ncccc3C2)CC1. The van der Waals surface area contributed by atoms with E-state index in [2.05, 4.69) is 32.2 Å². The highest BCUT2D eigenvalue weighted by atomic mass is 16.5. The smallest absolute Gasteiger partial charge is 0.223 e. The summed E-state index contributed by atoms with van der Waals surface area (Å²) in [7, 11) is 1.70. The molecule has 1 saturated heterocycles. The van der Waals surface area contributed by atoms with E-state index in [4.69, 9.17) is 4.74 Å². The van der Waals surface area contributed by atoms with Crippen LogP contribution in [0.3, 0.4) is 0 Å². The Hall–Kier alpha value is -2.64. The number of nitrogens with zero attached hydrogens (tertiary/aromatic N) is 3. The van der Waals surface area contributed by atoms with Gasteiger partial charge >= 0.3 is 0 Å². The number of aliphatic hydroxyl groups is 1. The van der Waals surface area contributed by atoms with Crippen LogP contribution in [0.25, 0.3) is 0 Å². The third-order valence-corrected chi connectivity index (χ3v) is 6.60. The summed E-state index contributed by atoms with van der Waals surface area (Å²) >= 11 is 0. The molecule has 32 heavy (non-hydrogen) atoms. The van der Waals surface area contributed by atoms with E-state index in [1.807, 2.05) is 30.5 Å². The van der Waals surface area contributed by atoms with Crippen LogP contribution in [0.2, 0.25) is 0 Å². The molecule has 4 rings (SSSR count). The number of hydrogen-bond acceptors (Lipinski definition) is 6. The fourth-order valence-electron chi connectivity index (χ4n) is 4.74. The molecule has 1 aliphatic carbocycles. The summed E-state index contributed by atoms with van der Waals surface area (Å²) in [6.07, 6.45) is 4.41. The number of para-hydroxylation sites is 2. The lowest BCUT2D eigenvalue weighted by Gasteiger charge is -2.37. The normalized spacial score (nSPS) is 19.8. The van der Waals surface area contributed by atoms with E-state index < -0.39 is 6.10 Å². The number of aromatic nitrogens is 1. The van der Waals surface area contributed by atoms with Gasteiger partial charge in [0.15, 0.2) is 0 Å². The van der Waals surface area contributed by atoms with Crippen molar-refractivity contribution in [2.45, 2.75) is 31.8 Å². The number of piperazine rings is 1. The van der Waals surface area contributed by atoms with E-state index in [1.54, 1.807) is 7.11 Å². The molecule has 2 aromatic rings. The van der Waals surface area contributed by atoms with Crippen molar-refractivity contribution >= 4 is 11.6 Å². The molecule has 2 aliphatic rings. The maximum absolute atomic E-state index is 12.6. The van der Waals surface area contributed by atoms with Gasteiger partial charge in [-0.1, -0.05) is 18.2 Å². The Morgan fingerprint density at radius 3 is 2.84 bits per heavy atom. The monoisotopic (exact) mass is 438 g/mol. The molecule has 0 saturated carbocycles. The first kappa shape index (κ1) is 22.6. The van der Waals surface area contributed by atoms with Gasteiger partial charge in [0.2, 0.25) is 5.91 Å². The molecular weight excluding hydrogens is 404 g/mol. The Balaban J connectivity index is 1.15. The molecule has 1 amide bonds. The van der Waals surface area contributed by atoms with Gasteiger partial charge < -0.3 is 20.1 Å². The maximum atomic E-state index is 12.6. The second-order valence-electron chi connectivity index (χ2n) is 8.74. The van der Waals surface area contributed by atoms with Crippen molar-refractivity contribution in [2.75, 3.05) is 51.3 Å². The van der Waals surface area contributed by atoms with Crippen LogP contribution >= 0.6 is 0 Å². The minimum absolute atomic E-state index is 0.00639. The fraction of sp³-hybridized carbons (Fsp3) is 0.520. The number of methoxy groups -OCH3 is 1. The van der Waals surface area contributed by atoms with Gasteiger partial charge in [-0.2, -0.15) is 0 Å². The number of rotatable bonds is 8. The van der Waals surface area contributed by atoms with Crippen LogP contribution in [0.1, 0.15) is 24.1 Å². The molecule has 2 atom stereocenters. The predicted octanol–water partition coefficient (Wildman–Crippen LogP) is 1.88. The van der Waals surface area contributed by atoms with Crippen molar-refractivity contribution in [2.24, 2.45) is 5.92 Å². The zero-order valence-corrected chi connectivity index (χ0v) is 18.9. The summed E-state index contributed by atoms with van der Waals surface area (Å²) < 4.78 is 5.48. The van der Waals surface area contributed by atoms with E-state index in [9.17, 15) is 9.90 Å². The van der Waals surface area contributed by atoms with Gasteiger partial charge in [-0.25, -0.2) is 0 Å². The second kappa shape index (κ2) is 10.8. The molecule has 0 bridgehead atoms. The third-order valence-electron chi connectivity index (χ3n) is 6.60. The molecule has 1 aromatic carbocycles. The molecule has 2 unspecified atom stereocenters. The first-order valence-electron chi connectivity index (χ1n) is 11.6. The highest BCUT2D eigenvalue weighted by molar-refractivity contribution is 5.79. The molecule has 1 aliphatic heterocycles. The fourth-order valence-corrected chi connectivity index (χ4v) is 4.74. The molecule has 1 aromatic heterocycles. The lowest BCUT2D eigenvalue weighted by Crippen LogP contribution is -2.49. The molecule has 7 heteroatoms. The van der Waals surface area contributed by atoms with Crippen molar-refractivity contribution < 1.29 is 14.6 Å². The molecule has 2 N–H and O–H groups in total. The summed E-state index contributed by atoms with van der Waals surface area (Å²) in [4.78, 5) is 21.6. The summed E-state index contributed by atoms with van der Waals surface area (Å²) in [5.41, 5.74) is 3.43. The largest absolute Gasteiger partial charge is 0.495 e. The van der Waals surface area contributed by atoms with Gasteiger partial charge in [-0.3, -0.25) is 14.7 Å². The van der Waals surface area contributed by atoms with E-state index in [-0.39, 0.29) is 11.8 Å². The minimum atomic E-state index is -0.440. The molecular formula is C25H34N4O3. The average Bonchev–Trinajstić information content (AvgIpc) is 2.84. The molecule has 2 heterocycles. The number of β-amino-alcohol motifs (C(OH)–C–C–N with tert-alkyl or cyclic N) is 1. The quantitative estimate of drug-likeness (QED) is 0.655. The van der Waals surface area contributed by atoms with E-state index in [0.717, 1.165) is 62.6 Å². The zero-order chi connectivity index (χ0) is 22.3. The van der Waals surface area contributed by atoms with Crippen molar-refractivity contribution in [1.82, 2.24) is 15.2 Å². The average molecular weight is 439 g/mol. The van der Waals surface area contributed by atoms with Crippen molar-refractivity contribution in [3.05, 3.63) is 53.9 Å². The van der Waals surface area contributed by atoms with E-state index in [1.165, 1.54) is 5.56 Å². The number of nitrogens with one attached hydrogen (secondary N) is 1. The zero-order valence-electron chi connectivity index (χ0n) is 18.9. The van der Waals surface area contributed by atoms with Gasteiger partial charge in [0.05, 0.1) is 18.9 Å². The number of benzene rings is 1. The van der Waals surface area contributed by atoms with Crippen molar-refractivity contribution in [3.8, 4) is 5.75 Å². The number of ether oxygens (including phenoxy) is 1. The number of pyridine rings is 1. The lowest BCUT2D eigenvalue weighted by atomic mass is 9.86. The minimum Gasteiger partial charge on any atom is -0.495 e. The summed E-state index contributed by atoms with van der Waals surface area (Å²) in [6, 6.07) is 12.1. The van der Waals surface area contributed by atoms with Gasteiger partial charge in [-0.15, -0.1) is 0 Å². The number of fused-ring (bicyclic) bond motifs is 1. The number of carbonyl (C=O) groups is 1. The standard InChI is InChI=1S/C25H34N4O3/c1-32-24-7-3-2-6-23(24)29-15-13-28(14-16-29)18-21(30)10-12-27-25(31)20-8-9-22-19(17-20)5-4-11-26-22/h2-7,11,20-21,30H,8-10,12-18H2,1H3,(H,27,31). The Morgan fingerprint density at radius 2 is 2.03 bits per heavy atom. The Kier molecular flexibility index (Phi) is 7.60. The van der Waals surface area contributed by atoms with Crippen molar-refractivity contribution in [1.29, 1.82) is 0 Å². The number of anilines is 1. The predicted molar refractivity (Wildman–Crippen MR) is 125 cm³/mol. The molecule has 7 nitrogen and oxygen atoms in total. The first-order valence-corrected chi connectivity index (χ1v) is 11.6. The number of hydrogen-bond donors (Lipinski definition) is 2. The topological polar surface area (TPSA) is 77.9 Å². The van der Waals surface area contributed by atoms with Crippen LogP contribution in [-0.4, -0.2) is 73.4 Å². The van der Waals surface area contributed by atoms with Gasteiger partial charge in [0.1, 0.15) is 5.75 Å². The number of amides is 1. The third kappa shape index (κ3) is 5.58. The highest BCUT2D eigenvalue weighted by Gasteiger charge is 2.25. The maximum Gasteiger partial charge on any atom is 0.223 e. The number of aryl methyl sites for hydroxylation is 1. The summed E-state index contributed by atoms with van der Waals surface area (Å²) in [5.74, 6) is 0.999. The van der Waals surface area contributed by atoms with Crippen LogP contribution in [0.15, 0.2) is 42.6 Å². The molecule has 0 radical (unpaired) electrons. The Labute approximate surface area is 190 Å². The second-order valence-corrected chi connectivity index (χ2v) is 8.74. The number of carbonyl (C=O) groups excluding carboxylic acids is 1. The molecule has 172 valence electrons. The van der Waals surface area contributed by atoms with Crippen LogP contribution in [0.5, 0.6) is 5.75 Å².